The van der Waals surface area contributed by atoms with Gasteiger partial charge in [-0.15, -0.1) is 0 Å². The van der Waals surface area contributed by atoms with Gasteiger partial charge in [0.1, 0.15) is 0 Å². The van der Waals surface area contributed by atoms with E-state index in [9.17, 15) is 14.7 Å². The van der Waals surface area contributed by atoms with Crippen LogP contribution in [0.1, 0.15) is 27.6 Å². The third-order valence-corrected chi connectivity index (χ3v) is 5.30. The highest BCUT2D eigenvalue weighted by Crippen LogP contribution is 2.25. The molecule has 0 radical (unpaired) electrons. The summed E-state index contributed by atoms with van der Waals surface area (Å²) in [5.41, 5.74) is 1.72. The number of halogens is 1. The van der Waals surface area contributed by atoms with E-state index >= 15 is 0 Å². The predicted octanol–water partition coefficient (Wildman–Crippen LogP) is 3.54. The summed E-state index contributed by atoms with van der Waals surface area (Å²) >= 11 is 3.33. The minimum Gasteiger partial charge on any atom is -0.478 e. The first kappa shape index (κ1) is 19.4. The van der Waals surface area contributed by atoms with Crippen LogP contribution < -0.4 is 10.2 Å². The normalized spacial score (nSPS) is 14.8. The first-order valence-electron chi connectivity index (χ1n) is 8.89. The Hall–Kier alpha value is -2.38. The summed E-state index contributed by atoms with van der Waals surface area (Å²) in [6.07, 6.45) is 0. The number of carboxylic acids is 1. The lowest BCUT2D eigenvalue weighted by molar-refractivity contribution is 0.0698. The van der Waals surface area contributed by atoms with E-state index < -0.39 is 5.97 Å². The number of nitrogens with zero attached hydrogens (tertiary/aromatic N) is 2. The Morgan fingerprint density at radius 3 is 2.33 bits per heavy atom. The van der Waals surface area contributed by atoms with Crippen molar-refractivity contribution in [3.05, 3.63) is 58.1 Å². The molecule has 27 heavy (non-hydrogen) atoms. The highest BCUT2D eigenvalue weighted by Gasteiger charge is 2.19. The lowest BCUT2D eigenvalue weighted by Gasteiger charge is -2.35. The van der Waals surface area contributed by atoms with Crippen molar-refractivity contribution in [3.63, 3.8) is 0 Å². The monoisotopic (exact) mass is 431 g/mol. The zero-order chi connectivity index (χ0) is 19.4. The van der Waals surface area contributed by atoms with E-state index in [1.807, 2.05) is 6.07 Å². The van der Waals surface area contributed by atoms with Crippen LogP contribution in [-0.4, -0.2) is 54.6 Å². The summed E-state index contributed by atoms with van der Waals surface area (Å²) < 4.78 is 0.873. The molecule has 142 valence electrons. The Balaban J connectivity index is 1.79. The summed E-state index contributed by atoms with van der Waals surface area (Å²) in [6.45, 7) is 6.80. The molecule has 2 aromatic rings. The number of benzene rings is 2. The molecule has 7 heteroatoms. The zero-order valence-electron chi connectivity index (χ0n) is 15.1. The first-order valence-corrected chi connectivity index (χ1v) is 9.69. The molecule has 6 nitrogen and oxygen atoms in total. The number of carbonyl (C=O) groups excluding carboxylic acids is 1. The average molecular weight is 432 g/mol. The van der Waals surface area contributed by atoms with Gasteiger partial charge in [0.05, 0.1) is 11.3 Å². The third kappa shape index (κ3) is 4.67. The summed E-state index contributed by atoms with van der Waals surface area (Å²) in [5, 5.41) is 12.3. The first-order chi connectivity index (χ1) is 13.0. The molecule has 1 heterocycles. The van der Waals surface area contributed by atoms with Crippen molar-refractivity contribution in [1.82, 2.24) is 4.90 Å². The Morgan fingerprint density at radius 2 is 1.74 bits per heavy atom. The molecule has 1 saturated heterocycles. The number of likely N-dealkylation sites (N-methyl/N-ethyl adjacent to an activating group) is 1. The van der Waals surface area contributed by atoms with Gasteiger partial charge < -0.3 is 20.2 Å². The van der Waals surface area contributed by atoms with Crippen LogP contribution >= 0.6 is 15.9 Å². The van der Waals surface area contributed by atoms with Gasteiger partial charge >= 0.3 is 5.97 Å². The number of hydrogen-bond acceptors (Lipinski definition) is 4. The Bertz CT molecular complexity index is 831. The van der Waals surface area contributed by atoms with Crippen molar-refractivity contribution in [1.29, 1.82) is 0 Å². The van der Waals surface area contributed by atoms with Crippen molar-refractivity contribution in [2.45, 2.75) is 6.92 Å². The number of aromatic carboxylic acids is 1. The molecule has 2 aromatic carbocycles. The third-order valence-electron chi connectivity index (χ3n) is 4.77. The quantitative estimate of drug-likeness (QED) is 0.757. The topological polar surface area (TPSA) is 72.9 Å². The second-order valence-corrected chi connectivity index (χ2v) is 7.33. The molecule has 0 unspecified atom stereocenters. The predicted molar refractivity (Wildman–Crippen MR) is 110 cm³/mol. The number of rotatable bonds is 5. The molecule has 2 N–H and O–H groups in total. The van der Waals surface area contributed by atoms with Crippen LogP contribution in [-0.2, 0) is 0 Å². The van der Waals surface area contributed by atoms with Gasteiger partial charge in [0.15, 0.2) is 0 Å². The highest BCUT2D eigenvalue weighted by atomic mass is 79.9. The minimum absolute atomic E-state index is 0.0934. The SMILES string of the molecule is CCN1CCN(c2ccc(NC(=O)c3ccc(Br)cc3)c(C(=O)O)c2)CC1. The molecule has 0 atom stereocenters. The van der Waals surface area contributed by atoms with Gasteiger partial charge in [-0.3, -0.25) is 4.79 Å². The fourth-order valence-electron chi connectivity index (χ4n) is 3.13. The molecule has 0 aromatic heterocycles. The van der Waals surface area contributed by atoms with Crippen molar-refractivity contribution < 1.29 is 14.7 Å². The second-order valence-electron chi connectivity index (χ2n) is 6.42. The van der Waals surface area contributed by atoms with E-state index in [1.54, 1.807) is 36.4 Å². The van der Waals surface area contributed by atoms with Crippen molar-refractivity contribution in [2.24, 2.45) is 0 Å². The molecule has 0 aliphatic carbocycles. The van der Waals surface area contributed by atoms with Gasteiger partial charge in [0, 0.05) is 41.9 Å². The molecule has 3 rings (SSSR count). The standard InChI is InChI=1S/C20H22BrN3O3/c1-2-23-9-11-24(12-10-23)16-7-8-18(17(13-16)20(26)27)22-19(25)14-3-5-15(21)6-4-14/h3-8,13H,2,9-12H2,1H3,(H,22,25)(H,26,27). The smallest absolute Gasteiger partial charge is 0.337 e. The van der Waals surface area contributed by atoms with E-state index in [0.29, 0.717) is 11.3 Å². The van der Waals surface area contributed by atoms with Crippen LogP contribution in [0, 0.1) is 0 Å². The Kier molecular flexibility index (Phi) is 6.13. The average Bonchev–Trinajstić information content (AvgIpc) is 2.68. The second kappa shape index (κ2) is 8.54. The maximum atomic E-state index is 12.4. The Labute approximate surface area is 166 Å². The van der Waals surface area contributed by atoms with Crippen LogP contribution in [0.3, 0.4) is 0 Å². The fraction of sp³-hybridized carbons (Fsp3) is 0.300. The van der Waals surface area contributed by atoms with Crippen LogP contribution in [0.5, 0.6) is 0 Å². The number of carboxylic acid groups (broad SMARTS) is 1. The molecular formula is C20H22BrN3O3. The van der Waals surface area contributed by atoms with E-state index in [1.165, 1.54) is 0 Å². The molecule has 1 amide bonds. The summed E-state index contributed by atoms with van der Waals surface area (Å²) in [7, 11) is 0. The number of amides is 1. The van der Waals surface area contributed by atoms with E-state index in [0.717, 1.165) is 42.9 Å². The molecule has 0 bridgehead atoms. The number of piperazine rings is 1. The largest absolute Gasteiger partial charge is 0.478 e. The number of carbonyl (C=O) groups is 2. The Morgan fingerprint density at radius 1 is 1.07 bits per heavy atom. The van der Waals surface area contributed by atoms with Gasteiger partial charge in [0.25, 0.3) is 5.91 Å². The molecule has 0 saturated carbocycles. The lowest BCUT2D eigenvalue weighted by atomic mass is 10.1. The molecular weight excluding hydrogens is 410 g/mol. The zero-order valence-corrected chi connectivity index (χ0v) is 16.7. The molecule has 1 aliphatic rings. The van der Waals surface area contributed by atoms with Crippen LogP contribution in [0.2, 0.25) is 0 Å². The van der Waals surface area contributed by atoms with Gasteiger partial charge in [-0.05, 0) is 49.0 Å². The van der Waals surface area contributed by atoms with E-state index in [2.05, 4.69) is 38.0 Å². The van der Waals surface area contributed by atoms with Gasteiger partial charge in [0.2, 0.25) is 0 Å². The van der Waals surface area contributed by atoms with Gasteiger partial charge in [-0.25, -0.2) is 4.79 Å². The van der Waals surface area contributed by atoms with E-state index in [4.69, 9.17) is 0 Å². The van der Waals surface area contributed by atoms with E-state index in [-0.39, 0.29) is 11.5 Å². The molecule has 1 aliphatic heterocycles. The fourth-order valence-corrected chi connectivity index (χ4v) is 3.40. The summed E-state index contributed by atoms with van der Waals surface area (Å²) in [6, 6.07) is 12.1. The summed E-state index contributed by atoms with van der Waals surface area (Å²) in [5.74, 6) is -1.40. The maximum Gasteiger partial charge on any atom is 0.337 e. The number of nitrogens with one attached hydrogen (secondary N) is 1. The summed E-state index contributed by atoms with van der Waals surface area (Å²) in [4.78, 5) is 28.7. The van der Waals surface area contributed by atoms with Gasteiger partial charge in [-0.1, -0.05) is 22.9 Å². The number of hydrogen-bond donors (Lipinski definition) is 2. The van der Waals surface area contributed by atoms with Crippen molar-refractivity contribution in [3.8, 4) is 0 Å². The van der Waals surface area contributed by atoms with Crippen LogP contribution in [0.4, 0.5) is 11.4 Å². The number of anilines is 2. The molecule has 0 spiro atoms. The minimum atomic E-state index is -1.06. The van der Waals surface area contributed by atoms with Crippen LogP contribution in [0.25, 0.3) is 0 Å². The highest BCUT2D eigenvalue weighted by molar-refractivity contribution is 9.10. The lowest BCUT2D eigenvalue weighted by Crippen LogP contribution is -2.46. The molecule has 1 fully saturated rings. The van der Waals surface area contributed by atoms with Crippen LogP contribution in [0.15, 0.2) is 46.9 Å². The van der Waals surface area contributed by atoms with Gasteiger partial charge in [-0.2, -0.15) is 0 Å². The maximum absolute atomic E-state index is 12.4. The van der Waals surface area contributed by atoms with Crippen molar-refractivity contribution in [2.75, 3.05) is 42.9 Å². The van der Waals surface area contributed by atoms with Crippen molar-refractivity contribution >= 4 is 39.2 Å².